The van der Waals surface area contributed by atoms with Crippen LogP contribution in [0.25, 0.3) is 0 Å². The van der Waals surface area contributed by atoms with Crippen molar-refractivity contribution in [3.05, 3.63) is 35.9 Å². The first-order valence-electron chi connectivity index (χ1n) is 8.47. The summed E-state index contributed by atoms with van der Waals surface area (Å²) in [5.41, 5.74) is 1.46. The highest BCUT2D eigenvalue weighted by atomic mass is 16.5. The Balaban J connectivity index is 1.31. The smallest absolute Gasteiger partial charge is 0.0507 e. The highest BCUT2D eigenvalue weighted by Crippen LogP contribution is 2.14. The Bertz CT molecular complexity index is 395. The lowest BCUT2D eigenvalue weighted by molar-refractivity contribution is 0.177. The predicted molar refractivity (Wildman–Crippen MR) is 86.5 cm³/mol. The Kier molecular flexibility index (Phi) is 5.67. The van der Waals surface area contributed by atoms with Crippen LogP contribution in [0.5, 0.6) is 0 Å². The van der Waals surface area contributed by atoms with E-state index in [9.17, 15) is 0 Å². The summed E-state index contributed by atoms with van der Waals surface area (Å²) in [6.45, 7) is 6.76. The van der Waals surface area contributed by atoms with Gasteiger partial charge in [-0.15, -0.1) is 0 Å². The minimum absolute atomic E-state index is 0.721. The first kappa shape index (κ1) is 15.0. The van der Waals surface area contributed by atoms with E-state index >= 15 is 0 Å². The van der Waals surface area contributed by atoms with E-state index in [1.54, 1.807) is 0 Å². The molecule has 2 aliphatic rings. The van der Waals surface area contributed by atoms with Gasteiger partial charge in [-0.1, -0.05) is 30.3 Å². The lowest BCUT2D eigenvalue weighted by Gasteiger charge is -2.33. The van der Waals surface area contributed by atoms with Crippen LogP contribution >= 0.6 is 0 Å². The predicted octanol–water partition coefficient (Wildman–Crippen LogP) is 2.32. The average molecular weight is 288 g/mol. The Labute approximate surface area is 128 Å². The topological polar surface area (TPSA) is 24.5 Å². The molecule has 1 aromatic carbocycles. The molecule has 3 nitrogen and oxygen atoms in total. The maximum Gasteiger partial charge on any atom is 0.0507 e. The Morgan fingerprint density at radius 2 is 1.90 bits per heavy atom. The molecule has 0 aliphatic carbocycles. The van der Waals surface area contributed by atoms with Crippen LogP contribution in [-0.4, -0.2) is 50.3 Å². The van der Waals surface area contributed by atoms with Crippen LogP contribution in [-0.2, 0) is 11.2 Å². The number of benzene rings is 1. The summed E-state index contributed by atoms with van der Waals surface area (Å²) in [4.78, 5) is 2.61. The van der Waals surface area contributed by atoms with E-state index in [2.05, 4.69) is 40.5 Å². The quantitative estimate of drug-likeness (QED) is 0.869. The van der Waals surface area contributed by atoms with Crippen molar-refractivity contribution in [2.24, 2.45) is 5.92 Å². The zero-order valence-electron chi connectivity index (χ0n) is 13.0. The average Bonchev–Trinajstić information content (AvgIpc) is 3.06. The van der Waals surface area contributed by atoms with Crippen LogP contribution in [0.4, 0.5) is 0 Å². The molecule has 21 heavy (non-hydrogen) atoms. The number of rotatable bonds is 6. The fourth-order valence-corrected chi connectivity index (χ4v) is 3.37. The molecule has 0 bridgehead atoms. The summed E-state index contributed by atoms with van der Waals surface area (Å²) in [5, 5.41) is 3.75. The van der Waals surface area contributed by atoms with Gasteiger partial charge in [0.1, 0.15) is 0 Å². The number of nitrogens with one attached hydrogen (secondary N) is 1. The lowest BCUT2D eigenvalue weighted by Crippen LogP contribution is -2.44. The fraction of sp³-hybridized carbons (Fsp3) is 0.667. The molecule has 0 saturated carbocycles. The maximum absolute atomic E-state index is 5.44. The van der Waals surface area contributed by atoms with Gasteiger partial charge in [-0.05, 0) is 50.3 Å². The lowest BCUT2D eigenvalue weighted by atomic mass is 10.0. The highest BCUT2D eigenvalue weighted by Gasteiger charge is 2.21. The molecule has 2 aliphatic heterocycles. The first-order chi connectivity index (χ1) is 10.4. The van der Waals surface area contributed by atoms with E-state index in [0.29, 0.717) is 0 Å². The van der Waals surface area contributed by atoms with Gasteiger partial charge in [0.2, 0.25) is 0 Å². The zero-order valence-corrected chi connectivity index (χ0v) is 13.0. The van der Waals surface area contributed by atoms with Crippen molar-refractivity contribution in [1.29, 1.82) is 0 Å². The van der Waals surface area contributed by atoms with E-state index in [-0.39, 0.29) is 0 Å². The molecule has 1 atom stereocenters. The molecular formula is C18H28N2O. The second-order valence-corrected chi connectivity index (χ2v) is 6.49. The molecule has 0 amide bonds. The van der Waals surface area contributed by atoms with E-state index in [0.717, 1.165) is 31.7 Å². The van der Waals surface area contributed by atoms with Crippen molar-refractivity contribution in [3.8, 4) is 0 Å². The summed E-state index contributed by atoms with van der Waals surface area (Å²) in [6, 6.07) is 11.6. The fourth-order valence-electron chi connectivity index (χ4n) is 3.37. The van der Waals surface area contributed by atoms with Gasteiger partial charge in [-0.2, -0.15) is 0 Å². The summed E-state index contributed by atoms with van der Waals surface area (Å²) < 4.78 is 5.44. The highest BCUT2D eigenvalue weighted by molar-refractivity contribution is 5.14. The van der Waals surface area contributed by atoms with Gasteiger partial charge in [0.15, 0.2) is 0 Å². The third-order valence-corrected chi connectivity index (χ3v) is 4.87. The first-order valence-corrected chi connectivity index (χ1v) is 8.47. The Morgan fingerprint density at radius 3 is 2.62 bits per heavy atom. The monoisotopic (exact) mass is 288 g/mol. The van der Waals surface area contributed by atoms with Crippen LogP contribution in [0.1, 0.15) is 24.8 Å². The van der Waals surface area contributed by atoms with Crippen LogP contribution in [0.15, 0.2) is 30.3 Å². The van der Waals surface area contributed by atoms with Crippen LogP contribution in [0.3, 0.4) is 0 Å². The number of hydrogen-bond acceptors (Lipinski definition) is 3. The van der Waals surface area contributed by atoms with Crippen molar-refractivity contribution in [3.63, 3.8) is 0 Å². The molecule has 3 rings (SSSR count). The molecule has 116 valence electrons. The van der Waals surface area contributed by atoms with Crippen molar-refractivity contribution >= 4 is 0 Å². The summed E-state index contributed by atoms with van der Waals surface area (Å²) in [7, 11) is 0. The zero-order chi connectivity index (χ0) is 14.3. The molecule has 0 radical (unpaired) electrons. The molecular weight excluding hydrogens is 260 g/mol. The van der Waals surface area contributed by atoms with Crippen molar-refractivity contribution < 1.29 is 4.74 Å². The third-order valence-electron chi connectivity index (χ3n) is 4.87. The Hall–Kier alpha value is -0.900. The molecule has 0 spiro atoms. The maximum atomic E-state index is 5.44. The van der Waals surface area contributed by atoms with Gasteiger partial charge in [-0.3, -0.25) is 0 Å². The van der Waals surface area contributed by atoms with E-state index in [1.807, 2.05) is 0 Å². The van der Waals surface area contributed by atoms with Gasteiger partial charge in [-0.25, -0.2) is 0 Å². The van der Waals surface area contributed by atoms with E-state index in [4.69, 9.17) is 4.74 Å². The molecule has 1 aromatic rings. The van der Waals surface area contributed by atoms with Crippen LogP contribution < -0.4 is 5.32 Å². The van der Waals surface area contributed by atoms with Crippen LogP contribution in [0, 0.1) is 5.92 Å². The largest absolute Gasteiger partial charge is 0.381 e. The standard InChI is InChI=1S/C18H28N2O/c1-2-4-16(5-3-1)6-10-20-11-7-18(8-12-20)19-14-17-9-13-21-15-17/h1-5,17-19H,6-15H2. The summed E-state index contributed by atoms with van der Waals surface area (Å²) in [5.74, 6) is 0.751. The molecule has 2 fully saturated rings. The minimum Gasteiger partial charge on any atom is -0.381 e. The molecule has 0 aromatic heterocycles. The minimum atomic E-state index is 0.721. The number of piperidine rings is 1. The van der Waals surface area contributed by atoms with E-state index in [1.165, 1.54) is 50.9 Å². The van der Waals surface area contributed by atoms with Gasteiger partial charge in [0.25, 0.3) is 0 Å². The molecule has 2 heterocycles. The molecule has 3 heteroatoms. The number of ether oxygens (including phenoxy) is 1. The van der Waals surface area contributed by atoms with Crippen molar-refractivity contribution in [2.75, 3.05) is 39.4 Å². The van der Waals surface area contributed by atoms with Crippen LogP contribution in [0.2, 0.25) is 0 Å². The van der Waals surface area contributed by atoms with Gasteiger partial charge >= 0.3 is 0 Å². The second kappa shape index (κ2) is 7.92. The third kappa shape index (κ3) is 4.80. The molecule has 1 N–H and O–H groups in total. The van der Waals surface area contributed by atoms with Gasteiger partial charge in [0.05, 0.1) is 6.61 Å². The summed E-state index contributed by atoms with van der Waals surface area (Å²) in [6.07, 6.45) is 5.01. The molecule has 2 saturated heterocycles. The Morgan fingerprint density at radius 1 is 1.10 bits per heavy atom. The number of likely N-dealkylation sites (tertiary alicyclic amines) is 1. The number of hydrogen-bond donors (Lipinski definition) is 1. The van der Waals surface area contributed by atoms with Gasteiger partial charge < -0.3 is 15.0 Å². The normalized spacial score (nSPS) is 24.5. The second-order valence-electron chi connectivity index (χ2n) is 6.49. The van der Waals surface area contributed by atoms with Crippen molar-refractivity contribution in [1.82, 2.24) is 10.2 Å². The number of nitrogens with zero attached hydrogens (tertiary/aromatic N) is 1. The van der Waals surface area contributed by atoms with Gasteiger partial charge in [0, 0.05) is 25.7 Å². The summed E-state index contributed by atoms with van der Waals surface area (Å²) >= 11 is 0. The molecule has 1 unspecified atom stereocenters. The SMILES string of the molecule is c1ccc(CCN2CCC(NCC3CCOC3)CC2)cc1. The van der Waals surface area contributed by atoms with E-state index < -0.39 is 0 Å². The van der Waals surface area contributed by atoms with Crippen molar-refractivity contribution in [2.45, 2.75) is 31.7 Å².